The van der Waals surface area contributed by atoms with Gasteiger partial charge in [-0.05, 0) is 29.8 Å². The van der Waals surface area contributed by atoms with Crippen molar-refractivity contribution in [2.75, 3.05) is 6.79 Å². The van der Waals surface area contributed by atoms with E-state index >= 15 is 0 Å². The van der Waals surface area contributed by atoms with Crippen molar-refractivity contribution in [3.05, 3.63) is 64.3 Å². The van der Waals surface area contributed by atoms with E-state index in [0.717, 1.165) is 17.5 Å². The number of nitrogens with zero attached hydrogens (tertiary/aromatic N) is 1. The minimum absolute atomic E-state index is 0.154. The molecule has 1 aromatic heterocycles. The lowest BCUT2D eigenvalue weighted by Gasteiger charge is -2.07. The highest BCUT2D eigenvalue weighted by Crippen LogP contribution is 2.37. The largest absolute Gasteiger partial charge is 0.454 e. The summed E-state index contributed by atoms with van der Waals surface area (Å²) >= 11 is 6.21. The van der Waals surface area contributed by atoms with Gasteiger partial charge in [0.25, 0.3) is 0 Å². The number of fused-ring (bicyclic) bond motifs is 2. The summed E-state index contributed by atoms with van der Waals surface area (Å²) in [5.41, 5.74) is 0.961. The third kappa shape index (κ3) is 3.20. The van der Waals surface area contributed by atoms with Crippen LogP contribution >= 0.6 is 11.6 Å². The molecule has 0 fully saturated rings. The van der Waals surface area contributed by atoms with Gasteiger partial charge in [0.05, 0.1) is 11.1 Å². The van der Waals surface area contributed by atoms with Gasteiger partial charge in [0.15, 0.2) is 11.5 Å². The molecule has 0 radical (unpaired) electrons. The summed E-state index contributed by atoms with van der Waals surface area (Å²) in [5.74, 6) is 1.22. The Kier molecular flexibility index (Phi) is 4.00. The molecule has 1 aliphatic rings. The SMILES string of the molecule is FC(F)(F)c1cccc(/C=C\c2cc3cc4c(cc3nc2Cl)OCO4)c1. The number of hydrogen-bond acceptors (Lipinski definition) is 3. The fraction of sp³-hybridized carbons (Fsp3) is 0.105. The van der Waals surface area contributed by atoms with Crippen LogP contribution in [0.1, 0.15) is 16.7 Å². The van der Waals surface area contributed by atoms with E-state index in [0.29, 0.717) is 28.1 Å². The Labute approximate surface area is 151 Å². The number of ether oxygens (including phenoxy) is 2. The number of hydrogen-bond donors (Lipinski definition) is 0. The van der Waals surface area contributed by atoms with Gasteiger partial charge < -0.3 is 9.47 Å². The fourth-order valence-electron chi connectivity index (χ4n) is 2.68. The topological polar surface area (TPSA) is 31.4 Å². The first kappa shape index (κ1) is 16.7. The smallest absolute Gasteiger partial charge is 0.416 e. The Balaban J connectivity index is 1.70. The van der Waals surface area contributed by atoms with E-state index in [9.17, 15) is 13.2 Å². The number of pyridine rings is 1. The fourth-order valence-corrected chi connectivity index (χ4v) is 2.89. The Hall–Kier alpha value is -2.73. The van der Waals surface area contributed by atoms with Crippen LogP contribution in [0, 0.1) is 0 Å². The van der Waals surface area contributed by atoms with Crippen molar-refractivity contribution in [3.63, 3.8) is 0 Å². The zero-order valence-corrected chi connectivity index (χ0v) is 13.9. The zero-order valence-electron chi connectivity index (χ0n) is 13.2. The number of aromatic nitrogens is 1. The predicted octanol–water partition coefficient (Wildman–Crippen LogP) is 5.81. The van der Waals surface area contributed by atoms with Gasteiger partial charge >= 0.3 is 6.18 Å². The van der Waals surface area contributed by atoms with E-state index in [4.69, 9.17) is 21.1 Å². The molecule has 0 saturated carbocycles. The molecule has 7 heteroatoms. The van der Waals surface area contributed by atoms with E-state index in [1.165, 1.54) is 6.07 Å². The first-order valence-electron chi connectivity index (χ1n) is 7.65. The molecule has 0 amide bonds. The molecule has 3 aromatic rings. The molecule has 0 aliphatic carbocycles. The van der Waals surface area contributed by atoms with E-state index in [1.807, 2.05) is 0 Å². The third-order valence-corrected chi connectivity index (χ3v) is 4.26. The quantitative estimate of drug-likeness (QED) is 0.528. The van der Waals surface area contributed by atoms with Crippen LogP contribution in [-0.2, 0) is 6.18 Å². The summed E-state index contributed by atoms with van der Waals surface area (Å²) in [5, 5.41) is 1.04. The molecule has 0 spiro atoms. The number of alkyl halides is 3. The summed E-state index contributed by atoms with van der Waals surface area (Å²) in [6.45, 7) is 0.154. The Morgan fingerprint density at radius 1 is 1.00 bits per heavy atom. The highest BCUT2D eigenvalue weighted by atomic mass is 35.5. The second-order valence-corrected chi connectivity index (χ2v) is 6.08. The van der Waals surface area contributed by atoms with Crippen LogP contribution in [0.4, 0.5) is 13.2 Å². The van der Waals surface area contributed by atoms with Crippen LogP contribution in [-0.4, -0.2) is 11.8 Å². The summed E-state index contributed by atoms with van der Waals surface area (Å²) in [4.78, 5) is 4.32. The molecule has 132 valence electrons. The van der Waals surface area contributed by atoms with Crippen molar-refractivity contribution in [1.82, 2.24) is 4.98 Å². The van der Waals surface area contributed by atoms with Gasteiger partial charge in [0.1, 0.15) is 5.15 Å². The minimum atomic E-state index is -4.38. The van der Waals surface area contributed by atoms with Gasteiger partial charge in [-0.2, -0.15) is 13.2 Å². The molecule has 0 unspecified atom stereocenters. The lowest BCUT2D eigenvalue weighted by atomic mass is 10.1. The lowest BCUT2D eigenvalue weighted by Crippen LogP contribution is -2.04. The molecule has 3 nitrogen and oxygen atoms in total. The minimum Gasteiger partial charge on any atom is -0.454 e. The summed E-state index contributed by atoms with van der Waals surface area (Å²) in [6, 6.07) is 10.4. The van der Waals surface area contributed by atoms with Gasteiger partial charge in [-0.25, -0.2) is 4.98 Å². The maximum Gasteiger partial charge on any atom is 0.416 e. The van der Waals surface area contributed by atoms with Gasteiger partial charge in [-0.1, -0.05) is 35.9 Å². The molecule has 2 heterocycles. The predicted molar refractivity (Wildman–Crippen MR) is 93.2 cm³/mol. The molecular weight excluding hydrogens is 367 g/mol. The number of halogens is 4. The maximum atomic E-state index is 12.8. The normalized spacial score (nSPS) is 13.7. The van der Waals surface area contributed by atoms with Gasteiger partial charge in [0, 0.05) is 17.0 Å². The van der Waals surface area contributed by atoms with Crippen LogP contribution in [0.15, 0.2) is 42.5 Å². The average Bonchev–Trinajstić information content (AvgIpc) is 3.05. The molecular formula is C19H11ClF3NO2. The first-order chi connectivity index (χ1) is 12.4. The average molecular weight is 378 g/mol. The highest BCUT2D eigenvalue weighted by molar-refractivity contribution is 6.31. The van der Waals surface area contributed by atoms with Crippen molar-refractivity contribution in [3.8, 4) is 11.5 Å². The zero-order chi connectivity index (χ0) is 18.3. The number of benzene rings is 2. The van der Waals surface area contributed by atoms with Crippen molar-refractivity contribution in [2.45, 2.75) is 6.18 Å². The number of rotatable bonds is 2. The highest BCUT2D eigenvalue weighted by Gasteiger charge is 2.30. The van der Waals surface area contributed by atoms with Crippen LogP contribution in [0.2, 0.25) is 5.15 Å². The summed E-state index contributed by atoms with van der Waals surface area (Å²) in [6.07, 6.45) is -1.18. The Morgan fingerprint density at radius 3 is 2.54 bits per heavy atom. The van der Waals surface area contributed by atoms with E-state index < -0.39 is 11.7 Å². The molecule has 0 atom stereocenters. The van der Waals surface area contributed by atoms with Crippen LogP contribution in [0.25, 0.3) is 23.1 Å². The molecule has 2 aromatic carbocycles. The van der Waals surface area contributed by atoms with Crippen molar-refractivity contribution in [1.29, 1.82) is 0 Å². The summed E-state index contributed by atoms with van der Waals surface area (Å²) < 4.78 is 49.1. The second kappa shape index (κ2) is 6.21. The first-order valence-corrected chi connectivity index (χ1v) is 8.03. The molecule has 0 bridgehead atoms. The van der Waals surface area contributed by atoms with Crippen LogP contribution < -0.4 is 9.47 Å². The van der Waals surface area contributed by atoms with Crippen molar-refractivity contribution >= 4 is 34.7 Å². The monoisotopic (exact) mass is 377 g/mol. The van der Waals surface area contributed by atoms with Gasteiger partial charge in [0.2, 0.25) is 6.79 Å². The second-order valence-electron chi connectivity index (χ2n) is 5.72. The molecule has 4 rings (SSSR count). The summed E-state index contributed by atoms with van der Waals surface area (Å²) in [7, 11) is 0. The Bertz CT molecular complexity index is 1030. The van der Waals surface area contributed by atoms with E-state index in [-0.39, 0.29) is 11.9 Å². The Morgan fingerprint density at radius 2 is 1.77 bits per heavy atom. The standard InChI is InChI=1S/C19H11ClF3NO2/c20-18-12(5-4-11-2-1-3-14(6-11)19(21,22)23)7-13-8-16-17(26-10-25-16)9-15(13)24-18/h1-9H,10H2/b5-4-. The van der Waals surface area contributed by atoms with Crippen molar-refractivity contribution < 1.29 is 22.6 Å². The van der Waals surface area contributed by atoms with Gasteiger partial charge in [-0.15, -0.1) is 0 Å². The van der Waals surface area contributed by atoms with Gasteiger partial charge in [-0.3, -0.25) is 0 Å². The molecule has 26 heavy (non-hydrogen) atoms. The maximum absolute atomic E-state index is 12.8. The molecule has 0 saturated heterocycles. The molecule has 0 N–H and O–H groups in total. The van der Waals surface area contributed by atoms with E-state index in [1.54, 1.807) is 36.4 Å². The van der Waals surface area contributed by atoms with E-state index in [2.05, 4.69) is 4.98 Å². The lowest BCUT2D eigenvalue weighted by molar-refractivity contribution is -0.137. The van der Waals surface area contributed by atoms with Crippen molar-refractivity contribution in [2.24, 2.45) is 0 Å². The van der Waals surface area contributed by atoms with Crippen LogP contribution in [0.3, 0.4) is 0 Å². The third-order valence-electron chi connectivity index (χ3n) is 3.96. The molecule has 1 aliphatic heterocycles. The van der Waals surface area contributed by atoms with Crippen LogP contribution in [0.5, 0.6) is 11.5 Å².